The number of hydrogen-bond acceptors (Lipinski definition) is 3. The fourth-order valence-electron chi connectivity index (χ4n) is 2.62. The van der Waals surface area contributed by atoms with Gasteiger partial charge in [0.15, 0.2) is 0 Å². The molecule has 0 saturated carbocycles. The lowest BCUT2D eigenvalue weighted by Crippen LogP contribution is -2.29. The minimum Gasteiger partial charge on any atom is -0.324 e. The van der Waals surface area contributed by atoms with Crippen LogP contribution in [-0.2, 0) is 11.3 Å². The summed E-state index contributed by atoms with van der Waals surface area (Å²) in [4.78, 5) is 24.3. The van der Waals surface area contributed by atoms with Gasteiger partial charge in [-0.3, -0.25) is 9.59 Å². The molecule has 0 saturated heterocycles. The van der Waals surface area contributed by atoms with E-state index in [1.165, 1.54) is 23.8 Å². The molecule has 0 aliphatic heterocycles. The standard InChI is InChI=1S/C21H20FN3O2/c1-14(2)15-5-9-18(10-6-15)23-20(26)13-25-21(27)12-11-19(24-25)16-3-7-17(22)8-4-16/h3-12,14H,13H2,1-2H3,(H,23,26). The van der Waals surface area contributed by atoms with E-state index in [4.69, 9.17) is 0 Å². The minimum absolute atomic E-state index is 0.209. The summed E-state index contributed by atoms with van der Waals surface area (Å²) in [6.07, 6.45) is 0. The SMILES string of the molecule is CC(C)c1ccc(NC(=O)Cn2nc(-c3ccc(F)cc3)ccc2=O)cc1. The number of nitrogens with zero attached hydrogens (tertiary/aromatic N) is 2. The number of rotatable bonds is 5. The van der Waals surface area contributed by atoms with Crippen molar-refractivity contribution in [3.63, 3.8) is 0 Å². The van der Waals surface area contributed by atoms with Crippen molar-refractivity contribution in [1.29, 1.82) is 0 Å². The van der Waals surface area contributed by atoms with Crippen LogP contribution in [0.2, 0.25) is 0 Å². The first-order chi connectivity index (χ1) is 12.9. The fraction of sp³-hybridized carbons (Fsp3) is 0.190. The van der Waals surface area contributed by atoms with Crippen molar-refractivity contribution >= 4 is 11.6 Å². The van der Waals surface area contributed by atoms with Crippen LogP contribution < -0.4 is 10.9 Å². The average Bonchev–Trinajstić information content (AvgIpc) is 2.64. The molecule has 1 heterocycles. The zero-order chi connectivity index (χ0) is 19.4. The molecular weight excluding hydrogens is 345 g/mol. The Morgan fingerprint density at radius 1 is 1.04 bits per heavy atom. The number of aromatic nitrogens is 2. The molecule has 6 heteroatoms. The predicted octanol–water partition coefficient (Wildman–Crippen LogP) is 3.81. The molecule has 27 heavy (non-hydrogen) atoms. The van der Waals surface area contributed by atoms with Crippen molar-refractivity contribution in [1.82, 2.24) is 9.78 Å². The van der Waals surface area contributed by atoms with Crippen molar-refractivity contribution in [3.05, 3.63) is 82.4 Å². The van der Waals surface area contributed by atoms with Gasteiger partial charge in [0.1, 0.15) is 12.4 Å². The van der Waals surface area contributed by atoms with Gasteiger partial charge < -0.3 is 5.32 Å². The summed E-state index contributed by atoms with van der Waals surface area (Å²) in [7, 11) is 0. The van der Waals surface area contributed by atoms with Gasteiger partial charge >= 0.3 is 0 Å². The molecule has 5 nitrogen and oxygen atoms in total. The first-order valence-electron chi connectivity index (χ1n) is 8.66. The lowest BCUT2D eigenvalue weighted by Gasteiger charge is -2.10. The van der Waals surface area contributed by atoms with Crippen molar-refractivity contribution in [2.45, 2.75) is 26.3 Å². The maximum absolute atomic E-state index is 13.1. The third-order valence-electron chi connectivity index (χ3n) is 4.16. The van der Waals surface area contributed by atoms with Crippen LogP contribution >= 0.6 is 0 Å². The second-order valence-corrected chi connectivity index (χ2v) is 6.55. The maximum Gasteiger partial charge on any atom is 0.267 e. The normalized spacial score (nSPS) is 10.8. The Bertz CT molecular complexity index is 993. The summed E-state index contributed by atoms with van der Waals surface area (Å²) < 4.78 is 14.2. The summed E-state index contributed by atoms with van der Waals surface area (Å²) in [5.41, 5.74) is 2.61. The summed E-state index contributed by atoms with van der Waals surface area (Å²) in [5.74, 6) is -0.292. The molecule has 3 rings (SSSR count). The molecule has 2 aromatic carbocycles. The highest BCUT2D eigenvalue weighted by Gasteiger charge is 2.09. The molecule has 0 spiro atoms. The Hall–Kier alpha value is -3.28. The van der Waals surface area contributed by atoms with Gasteiger partial charge in [-0.25, -0.2) is 9.07 Å². The van der Waals surface area contributed by atoms with Crippen LogP contribution in [-0.4, -0.2) is 15.7 Å². The minimum atomic E-state index is -0.383. The molecule has 0 unspecified atom stereocenters. The zero-order valence-corrected chi connectivity index (χ0v) is 15.1. The largest absolute Gasteiger partial charge is 0.324 e. The average molecular weight is 365 g/mol. The van der Waals surface area contributed by atoms with Gasteiger partial charge in [-0.05, 0) is 53.9 Å². The highest BCUT2D eigenvalue weighted by Crippen LogP contribution is 2.17. The van der Waals surface area contributed by atoms with Crippen molar-refractivity contribution in [2.24, 2.45) is 0 Å². The molecule has 0 fully saturated rings. The van der Waals surface area contributed by atoms with E-state index >= 15 is 0 Å². The number of benzene rings is 2. The Morgan fingerprint density at radius 3 is 2.33 bits per heavy atom. The number of nitrogens with one attached hydrogen (secondary N) is 1. The molecule has 0 aliphatic carbocycles. The lowest BCUT2D eigenvalue weighted by molar-refractivity contribution is -0.117. The number of carbonyl (C=O) groups excluding carboxylic acids is 1. The van der Waals surface area contributed by atoms with E-state index < -0.39 is 0 Å². The molecule has 0 radical (unpaired) electrons. The third-order valence-corrected chi connectivity index (χ3v) is 4.16. The summed E-state index contributed by atoms with van der Waals surface area (Å²) >= 11 is 0. The van der Waals surface area contributed by atoms with Crippen LogP contribution in [0.3, 0.4) is 0 Å². The predicted molar refractivity (Wildman–Crippen MR) is 103 cm³/mol. The van der Waals surface area contributed by atoms with Crippen LogP contribution in [0.1, 0.15) is 25.3 Å². The van der Waals surface area contributed by atoms with Crippen LogP contribution in [0.25, 0.3) is 11.3 Å². The molecule has 138 valence electrons. The second kappa shape index (κ2) is 7.95. The number of halogens is 1. The van der Waals surface area contributed by atoms with Gasteiger partial charge in [0, 0.05) is 17.3 Å². The van der Waals surface area contributed by atoms with E-state index in [9.17, 15) is 14.0 Å². The van der Waals surface area contributed by atoms with Crippen LogP contribution in [0, 0.1) is 5.82 Å². The third kappa shape index (κ3) is 4.67. The number of carbonyl (C=O) groups is 1. The van der Waals surface area contributed by atoms with Crippen molar-refractivity contribution < 1.29 is 9.18 Å². The Morgan fingerprint density at radius 2 is 1.70 bits per heavy atom. The Labute approximate surface area is 156 Å². The van der Waals surface area contributed by atoms with Gasteiger partial charge in [0.05, 0.1) is 5.69 Å². The maximum atomic E-state index is 13.1. The molecule has 3 aromatic rings. The smallest absolute Gasteiger partial charge is 0.267 e. The number of amides is 1. The van der Waals surface area contributed by atoms with E-state index in [1.807, 2.05) is 24.3 Å². The van der Waals surface area contributed by atoms with Gasteiger partial charge in [-0.2, -0.15) is 5.10 Å². The van der Waals surface area contributed by atoms with Gasteiger partial charge in [-0.1, -0.05) is 26.0 Å². The molecule has 0 atom stereocenters. The van der Waals surface area contributed by atoms with Crippen molar-refractivity contribution in [3.8, 4) is 11.3 Å². The molecule has 1 amide bonds. The van der Waals surface area contributed by atoms with Gasteiger partial charge in [0.2, 0.25) is 5.91 Å². The van der Waals surface area contributed by atoms with Crippen LogP contribution in [0.15, 0.2) is 65.5 Å². The molecular formula is C21H20FN3O2. The Kier molecular flexibility index (Phi) is 5.45. The monoisotopic (exact) mass is 365 g/mol. The quantitative estimate of drug-likeness (QED) is 0.748. The van der Waals surface area contributed by atoms with Gasteiger partial charge in [0.25, 0.3) is 5.56 Å². The topological polar surface area (TPSA) is 64.0 Å². The van der Waals surface area contributed by atoms with Crippen LogP contribution in [0.5, 0.6) is 0 Å². The molecule has 0 bridgehead atoms. The lowest BCUT2D eigenvalue weighted by atomic mass is 10.0. The fourth-order valence-corrected chi connectivity index (χ4v) is 2.62. The molecule has 1 N–H and O–H groups in total. The highest BCUT2D eigenvalue weighted by molar-refractivity contribution is 5.90. The first-order valence-corrected chi connectivity index (χ1v) is 8.66. The van der Waals surface area contributed by atoms with E-state index in [0.717, 1.165) is 4.68 Å². The number of anilines is 1. The Balaban J connectivity index is 1.74. The van der Waals surface area contributed by atoms with Crippen LogP contribution in [0.4, 0.5) is 10.1 Å². The van der Waals surface area contributed by atoms with E-state index in [0.29, 0.717) is 22.9 Å². The summed E-state index contributed by atoms with van der Waals surface area (Å²) in [6, 6.07) is 16.3. The molecule has 1 aromatic heterocycles. The second-order valence-electron chi connectivity index (χ2n) is 6.55. The zero-order valence-electron chi connectivity index (χ0n) is 15.1. The van der Waals surface area contributed by atoms with Gasteiger partial charge in [-0.15, -0.1) is 0 Å². The van der Waals surface area contributed by atoms with E-state index in [2.05, 4.69) is 24.3 Å². The van der Waals surface area contributed by atoms with Crippen molar-refractivity contribution in [2.75, 3.05) is 5.32 Å². The highest BCUT2D eigenvalue weighted by atomic mass is 19.1. The van der Waals surface area contributed by atoms with E-state index in [1.54, 1.807) is 18.2 Å². The summed E-state index contributed by atoms with van der Waals surface area (Å²) in [5, 5.41) is 6.97. The number of hydrogen-bond donors (Lipinski definition) is 1. The molecule has 0 aliphatic rings. The summed E-state index contributed by atoms with van der Waals surface area (Å²) in [6.45, 7) is 3.99. The first kappa shape index (κ1) is 18.5. The van der Waals surface area contributed by atoms with E-state index in [-0.39, 0.29) is 23.8 Å².